The van der Waals surface area contributed by atoms with Gasteiger partial charge in [-0.25, -0.2) is 4.98 Å². The van der Waals surface area contributed by atoms with Gasteiger partial charge < -0.3 is 14.6 Å². The minimum absolute atomic E-state index is 0.0154. The van der Waals surface area contributed by atoms with Crippen LogP contribution in [0.5, 0.6) is 11.5 Å². The molecule has 1 aliphatic carbocycles. The summed E-state index contributed by atoms with van der Waals surface area (Å²) in [6.45, 7) is -1.07. The van der Waals surface area contributed by atoms with Crippen molar-refractivity contribution in [3.05, 3.63) is 39.8 Å². The zero-order valence-corrected chi connectivity index (χ0v) is 12.6. The monoisotopic (exact) mass is 327 g/mol. The molecule has 1 aromatic heterocycles. The van der Waals surface area contributed by atoms with Crippen LogP contribution in [-0.4, -0.2) is 22.8 Å². The van der Waals surface area contributed by atoms with Crippen LogP contribution in [0.1, 0.15) is 34.4 Å². The number of aromatic nitrogens is 1. The summed E-state index contributed by atoms with van der Waals surface area (Å²) in [5.41, 5.74) is 0.556. The van der Waals surface area contributed by atoms with Gasteiger partial charge in [-0.2, -0.15) is 8.78 Å². The van der Waals surface area contributed by atoms with Crippen LogP contribution in [0.25, 0.3) is 0 Å². The number of aliphatic hydroxyl groups is 1. The summed E-state index contributed by atoms with van der Waals surface area (Å²) in [7, 11) is 0. The Morgan fingerprint density at radius 3 is 2.68 bits per heavy atom. The van der Waals surface area contributed by atoms with Gasteiger partial charge in [0, 0.05) is 6.20 Å². The smallest absolute Gasteiger partial charge is 0.387 e. The average molecular weight is 327 g/mol. The minimum Gasteiger partial charge on any atom is -0.487 e. The number of aliphatic hydroxyl groups excluding tert-OH is 1. The molecular formula is C15H15F2NO3S. The molecule has 1 N–H and O–H groups in total. The molecule has 0 amide bonds. The van der Waals surface area contributed by atoms with Gasteiger partial charge in [0.1, 0.15) is 6.10 Å². The lowest BCUT2D eigenvalue weighted by Gasteiger charge is -2.15. The van der Waals surface area contributed by atoms with Crippen LogP contribution in [0.4, 0.5) is 8.78 Å². The fourth-order valence-corrected chi connectivity index (χ4v) is 2.81. The number of hydrogen-bond acceptors (Lipinski definition) is 5. The van der Waals surface area contributed by atoms with Gasteiger partial charge in [0.15, 0.2) is 11.5 Å². The minimum atomic E-state index is -2.92. The molecule has 0 spiro atoms. The normalized spacial score (nSPS) is 15.9. The Balaban J connectivity index is 1.87. The van der Waals surface area contributed by atoms with E-state index in [4.69, 9.17) is 4.74 Å². The first-order valence-electron chi connectivity index (χ1n) is 6.88. The first-order valence-corrected chi connectivity index (χ1v) is 7.70. The summed E-state index contributed by atoms with van der Waals surface area (Å²) >= 11 is 1.38. The van der Waals surface area contributed by atoms with E-state index >= 15 is 0 Å². The van der Waals surface area contributed by atoms with Crippen molar-refractivity contribution in [3.8, 4) is 11.5 Å². The van der Waals surface area contributed by atoms with Crippen LogP contribution >= 0.6 is 11.3 Å². The Labute approximate surface area is 130 Å². The highest BCUT2D eigenvalue weighted by Gasteiger charge is 2.26. The third-order valence-corrected chi connectivity index (χ3v) is 4.19. The lowest BCUT2D eigenvalue weighted by molar-refractivity contribution is -0.0516. The summed E-state index contributed by atoms with van der Waals surface area (Å²) < 4.78 is 35.0. The predicted molar refractivity (Wildman–Crippen MR) is 77.6 cm³/mol. The van der Waals surface area contributed by atoms with Crippen molar-refractivity contribution >= 4 is 11.3 Å². The second kappa shape index (κ2) is 6.18. The van der Waals surface area contributed by atoms with E-state index in [-0.39, 0.29) is 17.6 Å². The summed E-state index contributed by atoms with van der Waals surface area (Å²) in [5, 5.41) is 11.2. The molecule has 0 aliphatic heterocycles. The maximum absolute atomic E-state index is 12.4. The largest absolute Gasteiger partial charge is 0.487 e. The number of alkyl halides is 2. The molecule has 4 nitrogen and oxygen atoms in total. The van der Waals surface area contributed by atoms with Crippen molar-refractivity contribution in [1.29, 1.82) is 0 Å². The van der Waals surface area contributed by atoms with Crippen molar-refractivity contribution in [1.82, 2.24) is 4.98 Å². The van der Waals surface area contributed by atoms with Crippen LogP contribution in [0.3, 0.4) is 0 Å². The highest BCUT2D eigenvalue weighted by Crippen LogP contribution is 2.38. The molecule has 1 fully saturated rings. The predicted octanol–water partition coefficient (Wildman–Crippen LogP) is 3.68. The summed E-state index contributed by atoms with van der Waals surface area (Å²) in [4.78, 5) is 4.80. The van der Waals surface area contributed by atoms with E-state index in [1.165, 1.54) is 17.4 Å². The molecule has 0 unspecified atom stereocenters. The van der Waals surface area contributed by atoms with Gasteiger partial charge in [0.05, 0.1) is 16.0 Å². The number of ether oxygens (including phenoxy) is 2. The third kappa shape index (κ3) is 3.53. The Bertz CT molecular complexity index is 658. The van der Waals surface area contributed by atoms with Crippen LogP contribution in [0.15, 0.2) is 24.4 Å². The van der Waals surface area contributed by atoms with Gasteiger partial charge in [-0.05, 0) is 37.5 Å². The number of hydrogen-bond donors (Lipinski definition) is 1. The topological polar surface area (TPSA) is 51.6 Å². The Hall–Kier alpha value is -1.73. The third-order valence-electron chi connectivity index (χ3n) is 3.23. The van der Waals surface area contributed by atoms with E-state index in [0.29, 0.717) is 10.4 Å². The quantitative estimate of drug-likeness (QED) is 0.879. The first kappa shape index (κ1) is 15.2. The second-order valence-electron chi connectivity index (χ2n) is 5.09. The Morgan fingerprint density at radius 2 is 2.09 bits per heavy atom. The van der Waals surface area contributed by atoms with Crippen LogP contribution in [0, 0.1) is 6.92 Å². The highest BCUT2D eigenvalue weighted by atomic mass is 32.1. The molecule has 1 aliphatic rings. The molecule has 0 bridgehead atoms. The number of aryl methyl sites for hydroxylation is 1. The lowest BCUT2D eigenvalue weighted by atomic mass is 10.1. The molecule has 1 aromatic carbocycles. The molecule has 7 heteroatoms. The van der Waals surface area contributed by atoms with Gasteiger partial charge in [-0.15, -0.1) is 11.3 Å². The number of benzene rings is 1. The number of halogens is 2. The molecule has 118 valence electrons. The van der Waals surface area contributed by atoms with E-state index in [9.17, 15) is 13.9 Å². The lowest BCUT2D eigenvalue weighted by Crippen LogP contribution is -2.07. The van der Waals surface area contributed by atoms with Gasteiger partial charge in [-0.3, -0.25) is 0 Å². The fourth-order valence-electron chi connectivity index (χ4n) is 2.01. The van der Waals surface area contributed by atoms with Crippen LogP contribution < -0.4 is 9.47 Å². The summed E-state index contributed by atoms with van der Waals surface area (Å²) in [6.07, 6.45) is 2.57. The molecule has 1 atom stereocenters. The van der Waals surface area contributed by atoms with Gasteiger partial charge >= 0.3 is 6.61 Å². The molecule has 3 rings (SSSR count). The first-order chi connectivity index (χ1) is 10.5. The molecule has 0 saturated heterocycles. The molecule has 1 saturated carbocycles. The van der Waals surface area contributed by atoms with Gasteiger partial charge in [0.25, 0.3) is 0 Å². The van der Waals surface area contributed by atoms with E-state index < -0.39 is 12.7 Å². The average Bonchev–Trinajstić information content (AvgIpc) is 3.18. The van der Waals surface area contributed by atoms with E-state index in [1.807, 2.05) is 6.92 Å². The van der Waals surface area contributed by atoms with Crippen molar-refractivity contribution in [2.45, 2.75) is 38.6 Å². The standard InChI is InChI=1S/C15H15F2NO3S/c1-8-18-7-13(22-8)14(19)9-2-5-11(21-15(16)17)12(6-9)20-10-3-4-10/h2,5-7,10,14-15,19H,3-4H2,1H3/t14-/m1/s1. The van der Waals surface area contributed by atoms with Crippen LogP contribution in [-0.2, 0) is 0 Å². The van der Waals surface area contributed by atoms with Crippen molar-refractivity contribution in [3.63, 3.8) is 0 Å². The van der Waals surface area contributed by atoms with Crippen molar-refractivity contribution in [2.24, 2.45) is 0 Å². The zero-order valence-electron chi connectivity index (χ0n) is 11.8. The molecule has 0 radical (unpaired) electrons. The summed E-state index contributed by atoms with van der Waals surface area (Å²) in [5.74, 6) is 0.221. The summed E-state index contributed by atoms with van der Waals surface area (Å²) in [6, 6.07) is 4.50. The number of thiazole rings is 1. The van der Waals surface area contributed by atoms with E-state index in [0.717, 1.165) is 17.8 Å². The molecular weight excluding hydrogens is 312 g/mol. The highest BCUT2D eigenvalue weighted by molar-refractivity contribution is 7.11. The fraction of sp³-hybridized carbons (Fsp3) is 0.400. The van der Waals surface area contributed by atoms with Crippen LogP contribution in [0.2, 0.25) is 0 Å². The maximum atomic E-state index is 12.4. The Kier molecular flexibility index (Phi) is 4.26. The van der Waals surface area contributed by atoms with Crippen molar-refractivity contribution < 1.29 is 23.4 Å². The van der Waals surface area contributed by atoms with Gasteiger partial charge in [0.2, 0.25) is 0 Å². The maximum Gasteiger partial charge on any atom is 0.387 e. The number of nitrogens with zero attached hydrogens (tertiary/aromatic N) is 1. The molecule has 1 heterocycles. The molecule has 22 heavy (non-hydrogen) atoms. The zero-order chi connectivity index (χ0) is 15.7. The van der Waals surface area contributed by atoms with Crippen molar-refractivity contribution in [2.75, 3.05) is 0 Å². The SMILES string of the molecule is Cc1ncc([C@H](O)c2ccc(OC(F)F)c(OC3CC3)c2)s1. The second-order valence-corrected chi connectivity index (χ2v) is 6.35. The van der Waals surface area contributed by atoms with E-state index in [1.54, 1.807) is 18.3 Å². The molecule has 2 aromatic rings. The Morgan fingerprint density at radius 1 is 1.32 bits per heavy atom. The number of rotatable bonds is 6. The van der Waals surface area contributed by atoms with E-state index in [2.05, 4.69) is 9.72 Å². The van der Waals surface area contributed by atoms with Gasteiger partial charge in [-0.1, -0.05) is 6.07 Å².